The predicted molar refractivity (Wildman–Crippen MR) is 110 cm³/mol. The molecule has 0 aliphatic carbocycles. The first-order chi connectivity index (χ1) is 13.8. The molecule has 1 saturated heterocycles. The van der Waals surface area contributed by atoms with Gasteiger partial charge in [-0.05, 0) is 19.4 Å². The van der Waals surface area contributed by atoms with Crippen LogP contribution in [-0.2, 0) is 10.0 Å². The number of sulfonamides is 1. The van der Waals surface area contributed by atoms with Gasteiger partial charge < -0.3 is 10.2 Å². The lowest BCUT2D eigenvalue weighted by Crippen LogP contribution is -2.54. The van der Waals surface area contributed by atoms with Gasteiger partial charge in [-0.1, -0.05) is 38.7 Å². The van der Waals surface area contributed by atoms with Gasteiger partial charge in [0.2, 0.25) is 10.0 Å². The van der Waals surface area contributed by atoms with Crippen molar-refractivity contribution in [2.24, 2.45) is 0 Å². The Morgan fingerprint density at radius 2 is 1.90 bits per heavy atom. The molecule has 0 radical (unpaired) electrons. The zero-order valence-corrected chi connectivity index (χ0v) is 17.9. The Kier molecular flexibility index (Phi) is 8.39. The van der Waals surface area contributed by atoms with Gasteiger partial charge in [0.15, 0.2) is 0 Å². The van der Waals surface area contributed by atoms with Crippen LogP contribution in [0.5, 0.6) is 0 Å². The van der Waals surface area contributed by atoms with E-state index < -0.39 is 14.9 Å². The molecule has 1 unspecified atom stereocenters. The number of non-ortho nitro benzene ring substituents is 1. The number of nitro benzene ring substituents is 1. The van der Waals surface area contributed by atoms with E-state index in [1.807, 2.05) is 6.92 Å². The van der Waals surface area contributed by atoms with Crippen molar-refractivity contribution in [1.29, 1.82) is 0 Å². The number of hydrogen-bond acceptors (Lipinski definition) is 5. The second-order valence-corrected chi connectivity index (χ2v) is 9.28. The van der Waals surface area contributed by atoms with Crippen molar-refractivity contribution in [3.05, 3.63) is 34.4 Å². The smallest absolute Gasteiger partial charge is 0.317 e. The third kappa shape index (κ3) is 6.40. The maximum atomic E-state index is 12.8. The lowest BCUT2D eigenvalue weighted by atomic mass is 10.1. The summed E-state index contributed by atoms with van der Waals surface area (Å²) in [6, 6.07) is 4.92. The summed E-state index contributed by atoms with van der Waals surface area (Å²) in [6.45, 7) is 5.01. The first-order valence-corrected chi connectivity index (χ1v) is 11.5. The Morgan fingerprint density at radius 3 is 2.52 bits per heavy atom. The Hall–Kier alpha value is -2.20. The van der Waals surface area contributed by atoms with E-state index in [2.05, 4.69) is 12.2 Å². The zero-order valence-electron chi connectivity index (χ0n) is 17.0. The topological polar surface area (TPSA) is 113 Å². The van der Waals surface area contributed by atoms with Gasteiger partial charge >= 0.3 is 6.03 Å². The van der Waals surface area contributed by atoms with Crippen molar-refractivity contribution >= 4 is 21.7 Å². The van der Waals surface area contributed by atoms with E-state index >= 15 is 0 Å². The molecule has 162 valence electrons. The molecule has 0 aromatic heterocycles. The van der Waals surface area contributed by atoms with Gasteiger partial charge in [-0.25, -0.2) is 13.2 Å². The second-order valence-electron chi connectivity index (χ2n) is 7.35. The third-order valence-corrected chi connectivity index (χ3v) is 6.95. The number of rotatable bonds is 9. The summed E-state index contributed by atoms with van der Waals surface area (Å²) in [4.78, 5) is 24.2. The number of nitro groups is 1. The van der Waals surface area contributed by atoms with Crippen LogP contribution in [0.4, 0.5) is 10.5 Å². The van der Waals surface area contributed by atoms with Crippen LogP contribution in [0.15, 0.2) is 29.2 Å². The molecule has 1 heterocycles. The van der Waals surface area contributed by atoms with Crippen molar-refractivity contribution in [3.8, 4) is 0 Å². The Morgan fingerprint density at radius 1 is 1.21 bits per heavy atom. The molecule has 1 aliphatic heterocycles. The normalized spacial score (nSPS) is 16.4. The highest BCUT2D eigenvalue weighted by atomic mass is 32.2. The van der Waals surface area contributed by atoms with Crippen LogP contribution in [0.2, 0.25) is 0 Å². The van der Waals surface area contributed by atoms with Crippen LogP contribution in [-0.4, -0.2) is 60.8 Å². The third-order valence-electron chi connectivity index (χ3n) is 5.05. The predicted octanol–water partition coefficient (Wildman–Crippen LogP) is 2.97. The Labute approximate surface area is 172 Å². The molecular weight excluding hydrogens is 396 g/mol. The number of amides is 2. The molecule has 2 rings (SSSR count). The molecule has 10 heteroatoms. The standard InChI is InChI=1S/C19H30N4O5S/c1-3-4-5-6-8-16(2)20-19(24)21-11-13-22(14-12-21)29(27,28)18-10-7-9-17(15-18)23(25)26/h7,9-10,15-16H,3-6,8,11-14H2,1-2H3,(H,20,24). The van der Waals surface area contributed by atoms with E-state index in [-0.39, 0.29) is 48.8 Å². The monoisotopic (exact) mass is 426 g/mol. The minimum Gasteiger partial charge on any atom is -0.336 e. The second kappa shape index (κ2) is 10.5. The van der Waals surface area contributed by atoms with Gasteiger partial charge in [-0.15, -0.1) is 0 Å². The largest absolute Gasteiger partial charge is 0.336 e. The highest BCUT2D eigenvalue weighted by Crippen LogP contribution is 2.22. The van der Waals surface area contributed by atoms with Crippen molar-refractivity contribution < 1.29 is 18.1 Å². The average Bonchev–Trinajstić information content (AvgIpc) is 2.71. The molecule has 9 nitrogen and oxygen atoms in total. The number of nitrogens with zero attached hydrogens (tertiary/aromatic N) is 3. The molecule has 1 aromatic carbocycles. The zero-order chi connectivity index (χ0) is 21.4. The molecule has 0 saturated carbocycles. The highest BCUT2D eigenvalue weighted by molar-refractivity contribution is 7.89. The van der Waals surface area contributed by atoms with E-state index in [0.717, 1.165) is 25.3 Å². The summed E-state index contributed by atoms with van der Waals surface area (Å²) in [6.07, 6.45) is 5.52. The summed E-state index contributed by atoms with van der Waals surface area (Å²) in [7, 11) is -3.84. The van der Waals surface area contributed by atoms with Crippen molar-refractivity contribution in [2.45, 2.75) is 56.9 Å². The quantitative estimate of drug-likeness (QED) is 0.370. The Bertz CT molecular complexity index is 807. The summed E-state index contributed by atoms with van der Waals surface area (Å²) >= 11 is 0. The van der Waals surface area contributed by atoms with Gasteiger partial charge in [0.05, 0.1) is 9.82 Å². The van der Waals surface area contributed by atoms with Crippen LogP contribution in [0.25, 0.3) is 0 Å². The number of piperazine rings is 1. The number of benzene rings is 1. The fourth-order valence-electron chi connectivity index (χ4n) is 3.29. The lowest BCUT2D eigenvalue weighted by molar-refractivity contribution is -0.385. The minimum absolute atomic E-state index is 0.0750. The number of carbonyl (C=O) groups is 1. The number of hydrogen-bond donors (Lipinski definition) is 1. The number of nitrogens with one attached hydrogen (secondary N) is 1. The minimum atomic E-state index is -3.84. The van der Waals surface area contributed by atoms with E-state index in [1.54, 1.807) is 4.90 Å². The summed E-state index contributed by atoms with van der Waals surface area (Å²) in [5.41, 5.74) is -0.267. The van der Waals surface area contributed by atoms with Crippen molar-refractivity contribution in [1.82, 2.24) is 14.5 Å². The van der Waals surface area contributed by atoms with Crippen LogP contribution in [0, 0.1) is 10.1 Å². The van der Waals surface area contributed by atoms with Crippen LogP contribution in [0.1, 0.15) is 46.0 Å². The van der Waals surface area contributed by atoms with Gasteiger partial charge in [-0.2, -0.15) is 4.31 Å². The fourth-order valence-corrected chi connectivity index (χ4v) is 4.75. The maximum absolute atomic E-state index is 12.8. The molecule has 0 spiro atoms. The van der Waals surface area contributed by atoms with Crippen LogP contribution in [0.3, 0.4) is 0 Å². The molecule has 0 bridgehead atoms. The van der Waals surface area contributed by atoms with Crippen molar-refractivity contribution in [3.63, 3.8) is 0 Å². The molecule has 1 fully saturated rings. The van der Waals surface area contributed by atoms with Gasteiger partial charge in [0, 0.05) is 44.4 Å². The molecule has 1 aromatic rings. The highest BCUT2D eigenvalue weighted by Gasteiger charge is 2.31. The number of carbonyl (C=O) groups excluding carboxylic acids is 1. The molecule has 2 amide bonds. The molecule has 1 N–H and O–H groups in total. The summed E-state index contributed by atoms with van der Waals surface area (Å²) < 4.78 is 26.8. The number of unbranched alkanes of at least 4 members (excludes halogenated alkanes) is 3. The van der Waals surface area contributed by atoms with E-state index in [1.165, 1.54) is 35.3 Å². The van der Waals surface area contributed by atoms with E-state index in [4.69, 9.17) is 0 Å². The SMILES string of the molecule is CCCCCCC(C)NC(=O)N1CCN(S(=O)(=O)c2cccc([N+](=O)[O-])c2)CC1. The maximum Gasteiger partial charge on any atom is 0.317 e. The molecule has 1 aliphatic rings. The average molecular weight is 427 g/mol. The molecule has 29 heavy (non-hydrogen) atoms. The number of urea groups is 1. The van der Waals surface area contributed by atoms with Crippen LogP contribution < -0.4 is 5.32 Å². The first kappa shape index (κ1) is 23.1. The summed E-state index contributed by atoms with van der Waals surface area (Å²) in [5.74, 6) is 0. The molecular formula is C19H30N4O5S. The van der Waals surface area contributed by atoms with Crippen molar-refractivity contribution in [2.75, 3.05) is 26.2 Å². The van der Waals surface area contributed by atoms with Gasteiger partial charge in [-0.3, -0.25) is 10.1 Å². The first-order valence-electron chi connectivity index (χ1n) is 10.1. The van der Waals surface area contributed by atoms with Gasteiger partial charge in [0.25, 0.3) is 5.69 Å². The van der Waals surface area contributed by atoms with E-state index in [9.17, 15) is 23.3 Å². The van der Waals surface area contributed by atoms with Crippen LogP contribution >= 0.6 is 0 Å². The molecule has 1 atom stereocenters. The fraction of sp³-hybridized carbons (Fsp3) is 0.632. The summed E-state index contributed by atoms with van der Waals surface area (Å²) in [5, 5.41) is 13.9. The van der Waals surface area contributed by atoms with E-state index in [0.29, 0.717) is 0 Å². The lowest BCUT2D eigenvalue weighted by Gasteiger charge is -2.34. The Balaban J connectivity index is 1.88. The van der Waals surface area contributed by atoms with Gasteiger partial charge in [0.1, 0.15) is 0 Å².